The van der Waals surface area contributed by atoms with E-state index in [0.29, 0.717) is 17.2 Å². The number of hydrogen-bond donors (Lipinski definition) is 2. The van der Waals surface area contributed by atoms with Crippen LogP contribution in [-0.4, -0.2) is 15.2 Å². The average Bonchev–Trinajstić information content (AvgIpc) is 3.07. The van der Waals surface area contributed by atoms with Crippen molar-refractivity contribution in [1.82, 2.24) is 15.2 Å². The lowest BCUT2D eigenvalue weighted by molar-refractivity contribution is 1.05. The van der Waals surface area contributed by atoms with E-state index in [2.05, 4.69) is 26.6 Å². The summed E-state index contributed by atoms with van der Waals surface area (Å²) >= 11 is 7.75. The summed E-state index contributed by atoms with van der Waals surface area (Å²) in [6.45, 7) is 3.92. The van der Waals surface area contributed by atoms with Crippen molar-refractivity contribution in [2.24, 2.45) is 0 Å². The van der Waals surface area contributed by atoms with Gasteiger partial charge in [-0.25, -0.2) is 4.98 Å². The molecule has 0 unspecified atom stereocenters. The van der Waals surface area contributed by atoms with E-state index in [9.17, 15) is 5.26 Å². The second-order valence-corrected chi connectivity index (χ2v) is 6.10. The predicted octanol–water partition coefficient (Wildman–Crippen LogP) is 4.42. The fourth-order valence-electron chi connectivity index (χ4n) is 2.13. The second-order valence-electron chi connectivity index (χ2n) is 4.83. The van der Waals surface area contributed by atoms with Gasteiger partial charge < -0.3 is 5.32 Å². The molecule has 22 heavy (non-hydrogen) atoms. The normalized spacial score (nSPS) is 10.5. The Morgan fingerprint density at radius 1 is 1.32 bits per heavy atom. The van der Waals surface area contributed by atoms with Gasteiger partial charge in [0.15, 0.2) is 5.82 Å². The molecule has 2 N–H and O–H groups in total. The Kier molecular flexibility index (Phi) is 3.84. The van der Waals surface area contributed by atoms with Crippen molar-refractivity contribution in [3.63, 3.8) is 0 Å². The Bertz CT molecular complexity index is 874. The SMILES string of the molecule is Cc1cc(Nc2cc(-c3sccc3C)c(C#N)c(Cl)n2)n[nH]1. The quantitative estimate of drug-likeness (QED) is 0.697. The molecule has 0 radical (unpaired) electrons. The maximum Gasteiger partial charge on any atom is 0.153 e. The van der Waals surface area contributed by atoms with Gasteiger partial charge >= 0.3 is 0 Å². The van der Waals surface area contributed by atoms with Gasteiger partial charge in [0.25, 0.3) is 0 Å². The summed E-state index contributed by atoms with van der Waals surface area (Å²) in [5.74, 6) is 1.21. The van der Waals surface area contributed by atoms with Crippen LogP contribution >= 0.6 is 22.9 Å². The summed E-state index contributed by atoms with van der Waals surface area (Å²) in [5, 5.41) is 21.6. The van der Waals surface area contributed by atoms with Crippen LogP contribution < -0.4 is 5.32 Å². The zero-order valence-corrected chi connectivity index (χ0v) is 13.5. The first-order valence-corrected chi connectivity index (χ1v) is 7.78. The molecule has 0 amide bonds. The zero-order chi connectivity index (χ0) is 15.7. The van der Waals surface area contributed by atoms with Crippen molar-refractivity contribution >= 4 is 34.6 Å². The highest BCUT2D eigenvalue weighted by atomic mass is 35.5. The van der Waals surface area contributed by atoms with Crippen molar-refractivity contribution in [2.45, 2.75) is 13.8 Å². The highest BCUT2D eigenvalue weighted by Gasteiger charge is 2.16. The maximum atomic E-state index is 9.37. The lowest BCUT2D eigenvalue weighted by atomic mass is 10.1. The first-order chi connectivity index (χ1) is 10.6. The van der Waals surface area contributed by atoms with Gasteiger partial charge in [-0.2, -0.15) is 10.4 Å². The summed E-state index contributed by atoms with van der Waals surface area (Å²) in [4.78, 5) is 5.25. The highest BCUT2D eigenvalue weighted by Crippen LogP contribution is 2.35. The molecule has 0 fully saturated rings. The number of aromatic nitrogens is 3. The van der Waals surface area contributed by atoms with E-state index >= 15 is 0 Å². The van der Waals surface area contributed by atoms with Crippen LogP contribution in [-0.2, 0) is 0 Å². The lowest BCUT2D eigenvalue weighted by Gasteiger charge is -2.09. The van der Waals surface area contributed by atoms with Gasteiger partial charge in [0.2, 0.25) is 0 Å². The highest BCUT2D eigenvalue weighted by molar-refractivity contribution is 7.13. The molecule has 0 bridgehead atoms. The summed E-state index contributed by atoms with van der Waals surface area (Å²) < 4.78 is 0. The minimum Gasteiger partial charge on any atom is -0.323 e. The largest absolute Gasteiger partial charge is 0.323 e. The molecule has 0 aliphatic carbocycles. The van der Waals surface area contributed by atoms with E-state index in [-0.39, 0.29) is 5.15 Å². The predicted molar refractivity (Wildman–Crippen MR) is 88.6 cm³/mol. The Morgan fingerprint density at radius 2 is 2.14 bits per heavy atom. The molecule has 3 heterocycles. The third-order valence-electron chi connectivity index (χ3n) is 3.16. The molecule has 5 nitrogen and oxygen atoms in total. The Labute approximate surface area is 136 Å². The van der Waals surface area contributed by atoms with Gasteiger partial charge in [0.05, 0.1) is 5.56 Å². The minimum atomic E-state index is 0.183. The Balaban J connectivity index is 2.09. The number of anilines is 2. The van der Waals surface area contributed by atoms with Gasteiger partial charge in [0.1, 0.15) is 17.0 Å². The van der Waals surface area contributed by atoms with Crippen molar-refractivity contribution in [2.75, 3.05) is 5.32 Å². The number of aromatic amines is 1. The summed E-state index contributed by atoms with van der Waals surface area (Å²) in [7, 11) is 0. The fraction of sp³-hybridized carbons (Fsp3) is 0.133. The number of pyridine rings is 1. The minimum absolute atomic E-state index is 0.183. The molecule has 0 saturated heterocycles. The Morgan fingerprint density at radius 3 is 2.73 bits per heavy atom. The molecule has 0 atom stereocenters. The van der Waals surface area contributed by atoms with Crippen LogP contribution in [0.1, 0.15) is 16.8 Å². The van der Waals surface area contributed by atoms with Crippen LogP contribution in [0, 0.1) is 25.2 Å². The number of thiophene rings is 1. The molecular formula is C15H12ClN5S. The van der Waals surface area contributed by atoms with Crippen molar-refractivity contribution in [1.29, 1.82) is 5.26 Å². The van der Waals surface area contributed by atoms with E-state index in [0.717, 1.165) is 21.7 Å². The van der Waals surface area contributed by atoms with Crippen LogP contribution in [0.5, 0.6) is 0 Å². The number of nitrogens with zero attached hydrogens (tertiary/aromatic N) is 3. The zero-order valence-electron chi connectivity index (χ0n) is 11.9. The molecule has 0 spiro atoms. The number of nitriles is 1. The van der Waals surface area contributed by atoms with Gasteiger partial charge in [-0.05, 0) is 36.9 Å². The molecule has 3 rings (SSSR count). The number of rotatable bonds is 3. The fourth-order valence-corrected chi connectivity index (χ4v) is 3.31. The molecule has 0 aromatic carbocycles. The third-order valence-corrected chi connectivity index (χ3v) is 4.48. The van der Waals surface area contributed by atoms with Crippen LogP contribution in [0.15, 0.2) is 23.6 Å². The van der Waals surface area contributed by atoms with Crippen LogP contribution in [0.3, 0.4) is 0 Å². The van der Waals surface area contributed by atoms with Crippen molar-refractivity contribution in [3.8, 4) is 16.5 Å². The second kappa shape index (κ2) is 5.79. The smallest absolute Gasteiger partial charge is 0.153 e. The van der Waals surface area contributed by atoms with Crippen LogP contribution in [0.25, 0.3) is 10.4 Å². The summed E-state index contributed by atoms with van der Waals surface area (Å²) in [6.07, 6.45) is 0. The third kappa shape index (κ3) is 2.69. The monoisotopic (exact) mass is 329 g/mol. The van der Waals surface area contributed by atoms with Crippen molar-refractivity contribution < 1.29 is 0 Å². The van der Waals surface area contributed by atoms with E-state index in [1.165, 1.54) is 0 Å². The van der Waals surface area contributed by atoms with Crippen molar-refractivity contribution in [3.05, 3.63) is 45.6 Å². The topological polar surface area (TPSA) is 77.4 Å². The first-order valence-electron chi connectivity index (χ1n) is 6.52. The van der Waals surface area contributed by atoms with E-state index in [1.807, 2.05) is 37.4 Å². The van der Waals surface area contributed by atoms with Crippen LogP contribution in [0.2, 0.25) is 5.15 Å². The van der Waals surface area contributed by atoms with Crippen LogP contribution in [0.4, 0.5) is 11.6 Å². The number of aryl methyl sites for hydroxylation is 2. The van der Waals surface area contributed by atoms with E-state index in [1.54, 1.807) is 11.3 Å². The number of halogens is 1. The number of nitrogens with one attached hydrogen (secondary N) is 2. The molecule has 110 valence electrons. The van der Waals surface area contributed by atoms with E-state index in [4.69, 9.17) is 11.6 Å². The lowest BCUT2D eigenvalue weighted by Crippen LogP contribution is -1.98. The molecular weight excluding hydrogens is 318 g/mol. The molecule has 0 aliphatic rings. The van der Waals surface area contributed by atoms with Gasteiger partial charge in [-0.15, -0.1) is 11.3 Å². The molecule has 3 aromatic rings. The average molecular weight is 330 g/mol. The molecule has 7 heteroatoms. The standard InChI is InChI=1S/C15H12ClN5S/c1-8-3-4-22-14(8)10-6-12(19-15(16)11(10)7-17)18-13-5-9(2)20-21-13/h3-6H,1-2H3,(H2,18,19,20,21). The van der Waals surface area contributed by atoms with E-state index < -0.39 is 0 Å². The number of H-pyrrole nitrogens is 1. The Hall–Kier alpha value is -2.36. The summed E-state index contributed by atoms with van der Waals surface area (Å²) in [6, 6.07) is 7.84. The maximum absolute atomic E-state index is 9.37. The van der Waals surface area contributed by atoms with Gasteiger partial charge in [-0.1, -0.05) is 11.6 Å². The number of hydrogen-bond acceptors (Lipinski definition) is 5. The van der Waals surface area contributed by atoms with Gasteiger partial charge in [-0.3, -0.25) is 5.10 Å². The summed E-state index contributed by atoms with van der Waals surface area (Å²) in [5.41, 5.74) is 3.21. The first kappa shape index (κ1) is 14.6. The van der Waals surface area contributed by atoms with Gasteiger partial charge in [0, 0.05) is 22.2 Å². The molecule has 3 aromatic heterocycles. The molecule has 0 saturated carbocycles. The molecule has 0 aliphatic heterocycles.